The zero-order chi connectivity index (χ0) is 24.1. The molecule has 1 fully saturated rings. The van der Waals surface area contributed by atoms with Crippen molar-refractivity contribution in [3.8, 4) is 11.5 Å². The Morgan fingerprint density at radius 2 is 1.94 bits per heavy atom. The smallest absolute Gasteiger partial charge is 0.247 e. The third-order valence-electron chi connectivity index (χ3n) is 5.76. The second-order valence-corrected chi connectivity index (χ2v) is 8.71. The van der Waals surface area contributed by atoms with Gasteiger partial charge in [0.25, 0.3) is 0 Å². The Hall–Kier alpha value is -3.65. The number of likely N-dealkylation sites (tertiary alicyclic amines) is 1. The summed E-state index contributed by atoms with van der Waals surface area (Å²) in [6, 6.07) is 15.0. The Morgan fingerprint density at radius 3 is 2.65 bits per heavy atom. The van der Waals surface area contributed by atoms with E-state index in [1.54, 1.807) is 31.3 Å². The SMILES string of the molecule is COc1ccc(C2CCCN2C(=O)C=Cc2csc(N(C(C)=O)c3ccccc3)n2)c(OC)c1. The van der Waals surface area contributed by atoms with Crippen LogP contribution in [0.2, 0.25) is 0 Å². The summed E-state index contributed by atoms with van der Waals surface area (Å²) in [5, 5.41) is 2.40. The van der Waals surface area contributed by atoms with Crippen LogP contribution in [0.5, 0.6) is 11.5 Å². The summed E-state index contributed by atoms with van der Waals surface area (Å²) >= 11 is 1.36. The average Bonchev–Trinajstić information content (AvgIpc) is 3.53. The Bertz CT molecular complexity index is 1190. The highest BCUT2D eigenvalue weighted by Crippen LogP contribution is 2.39. The first-order valence-electron chi connectivity index (χ1n) is 11.0. The first-order valence-corrected chi connectivity index (χ1v) is 11.9. The third-order valence-corrected chi connectivity index (χ3v) is 6.61. The van der Waals surface area contributed by atoms with Gasteiger partial charge in [-0.2, -0.15) is 0 Å². The van der Waals surface area contributed by atoms with Gasteiger partial charge in [-0.05, 0) is 43.2 Å². The third kappa shape index (κ3) is 4.97. The molecular formula is C26H27N3O4S. The Balaban J connectivity index is 1.51. The van der Waals surface area contributed by atoms with Crippen molar-refractivity contribution in [3.63, 3.8) is 0 Å². The van der Waals surface area contributed by atoms with Gasteiger partial charge in [-0.15, -0.1) is 11.3 Å². The highest BCUT2D eigenvalue weighted by molar-refractivity contribution is 7.14. The molecule has 1 saturated heterocycles. The molecule has 1 aromatic heterocycles. The lowest BCUT2D eigenvalue weighted by Gasteiger charge is -2.25. The largest absolute Gasteiger partial charge is 0.497 e. The summed E-state index contributed by atoms with van der Waals surface area (Å²) in [6.07, 6.45) is 5.04. The van der Waals surface area contributed by atoms with Crippen molar-refractivity contribution in [1.29, 1.82) is 0 Å². The molecule has 1 atom stereocenters. The Kier molecular flexibility index (Phi) is 7.27. The molecule has 0 N–H and O–H groups in total. The monoisotopic (exact) mass is 477 g/mol. The van der Waals surface area contributed by atoms with E-state index >= 15 is 0 Å². The second kappa shape index (κ2) is 10.5. The van der Waals surface area contributed by atoms with Crippen molar-refractivity contribution in [2.45, 2.75) is 25.8 Å². The highest BCUT2D eigenvalue weighted by Gasteiger charge is 2.31. The maximum atomic E-state index is 13.1. The predicted octanol–water partition coefficient (Wildman–Crippen LogP) is 5.22. The van der Waals surface area contributed by atoms with Crippen LogP contribution in [0, 0.1) is 0 Å². The number of hydrogen-bond acceptors (Lipinski definition) is 6. The van der Waals surface area contributed by atoms with Gasteiger partial charge in [-0.3, -0.25) is 14.5 Å². The van der Waals surface area contributed by atoms with Gasteiger partial charge in [-0.1, -0.05) is 18.2 Å². The fraction of sp³-hybridized carbons (Fsp3) is 0.269. The zero-order valence-electron chi connectivity index (χ0n) is 19.4. The van der Waals surface area contributed by atoms with E-state index in [0.29, 0.717) is 28.9 Å². The van der Waals surface area contributed by atoms with Crippen LogP contribution in [-0.4, -0.2) is 42.5 Å². The number of ether oxygens (including phenoxy) is 2. The molecule has 0 aliphatic carbocycles. The molecule has 2 aromatic carbocycles. The molecule has 0 spiro atoms. The van der Waals surface area contributed by atoms with Crippen LogP contribution in [0.1, 0.15) is 37.1 Å². The van der Waals surface area contributed by atoms with E-state index in [1.807, 2.05) is 58.8 Å². The van der Waals surface area contributed by atoms with E-state index in [4.69, 9.17) is 9.47 Å². The van der Waals surface area contributed by atoms with Gasteiger partial charge in [0, 0.05) is 36.6 Å². The number of hydrogen-bond donors (Lipinski definition) is 0. The van der Waals surface area contributed by atoms with E-state index in [0.717, 1.165) is 24.1 Å². The number of amides is 2. The van der Waals surface area contributed by atoms with Crippen molar-refractivity contribution in [2.24, 2.45) is 0 Å². The number of aromatic nitrogens is 1. The quantitative estimate of drug-likeness (QED) is 0.436. The van der Waals surface area contributed by atoms with Crippen molar-refractivity contribution in [2.75, 3.05) is 25.7 Å². The average molecular weight is 478 g/mol. The molecule has 1 unspecified atom stereocenters. The summed E-state index contributed by atoms with van der Waals surface area (Å²) in [5.74, 6) is 1.22. The standard InChI is InChI=1S/C26H27N3O4S/c1-18(30)29(20-8-5-4-6-9-20)26-27-19(17-34-26)11-14-25(31)28-15-7-10-23(28)22-13-12-21(32-2)16-24(22)33-3/h4-6,8-9,11-14,16-17,23H,7,10,15H2,1-3H3. The number of methoxy groups -OCH3 is 2. The second-order valence-electron chi connectivity index (χ2n) is 7.88. The Morgan fingerprint density at radius 1 is 1.15 bits per heavy atom. The minimum absolute atomic E-state index is 0.0599. The van der Waals surface area contributed by atoms with Gasteiger partial charge in [0.15, 0.2) is 5.13 Å². The molecule has 2 amide bonds. The number of carbonyl (C=O) groups is 2. The lowest BCUT2D eigenvalue weighted by atomic mass is 10.0. The fourth-order valence-corrected chi connectivity index (χ4v) is 5.01. The number of rotatable bonds is 7. The normalized spacial score (nSPS) is 15.5. The van der Waals surface area contributed by atoms with Crippen molar-refractivity contribution >= 4 is 40.0 Å². The zero-order valence-corrected chi connectivity index (χ0v) is 20.2. The van der Waals surface area contributed by atoms with E-state index in [-0.39, 0.29) is 17.9 Å². The van der Waals surface area contributed by atoms with E-state index in [1.165, 1.54) is 18.3 Å². The van der Waals surface area contributed by atoms with E-state index in [9.17, 15) is 9.59 Å². The predicted molar refractivity (Wildman–Crippen MR) is 134 cm³/mol. The summed E-state index contributed by atoms with van der Waals surface area (Å²) < 4.78 is 10.9. The molecule has 0 radical (unpaired) electrons. The van der Waals surface area contributed by atoms with Gasteiger partial charge < -0.3 is 14.4 Å². The van der Waals surface area contributed by atoms with Crippen LogP contribution in [0.3, 0.4) is 0 Å². The van der Waals surface area contributed by atoms with Crippen LogP contribution in [0.15, 0.2) is 60.0 Å². The van der Waals surface area contributed by atoms with E-state index in [2.05, 4.69) is 4.98 Å². The van der Waals surface area contributed by atoms with Crippen LogP contribution in [0.25, 0.3) is 6.08 Å². The number of para-hydroxylation sites is 1. The molecule has 3 aromatic rings. The Labute approximate surface area is 203 Å². The van der Waals surface area contributed by atoms with Crippen LogP contribution >= 0.6 is 11.3 Å². The summed E-state index contributed by atoms with van der Waals surface area (Å²) in [7, 11) is 3.24. The summed E-state index contributed by atoms with van der Waals surface area (Å²) in [6.45, 7) is 2.19. The minimum atomic E-state index is -0.125. The van der Waals surface area contributed by atoms with Crippen LogP contribution in [0.4, 0.5) is 10.8 Å². The molecule has 2 heterocycles. The number of thiazole rings is 1. The molecule has 0 bridgehead atoms. The molecule has 176 valence electrons. The molecule has 8 heteroatoms. The highest BCUT2D eigenvalue weighted by atomic mass is 32.1. The van der Waals surface area contributed by atoms with Gasteiger partial charge in [0.1, 0.15) is 11.5 Å². The molecule has 1 aliphatic heterocycles. The molecule has 0 saturated carbocycles. The van der Waals surface area contributed by atoms with Gasteiger partial charge in [0.2, 0.25) is 11.8 Å². The first-order chi connectivity index (χ1) is 16.5. The number of anilines is 2. The van der Waals surface area contributed by atoms with Crippen molar-refractivity contribution in [3.05, 3.63) is 71.2 Å². The summed E-state index contributed by atoms with van der Waals surface area (Å²) in [4.78, 5) is 33.3. The van der Waals surface area contributed by atoms with Gasteiger partial charge >= 0.3 is 0 Å². The number of nitrogens with zero attached hydrogens (tertiary/aromatic N) is 3. The van der Waals surface area contributed by atoms with Crippen molar-refractivity contribution < 1.29 is 19.1 Å². The lowest BCUT2D eigenvalue weighted by Crippen LogP contribution is -2.29. The van der Waals surface area contributed by atoms with Crippen LogP contribution < -0.4 is 14.4 Å². The lowest BCUT2D eigenvalue weighted by molar-refractivity contribution is -0.126. The maximum absolute atomic E-state index is 13.1. The topological polar surface area (TPSA) is 72.0 Å². The first kappa shape index (κ1) is 23.5. The van der Waals surface area contributed by atoms with Crippen LogP contribution in [-0.2, 0) is 9.59 Å². The fourth-order valence-electron chi connectivity index (χ4n) is 4.16. The maximum Gasteiger partial charge on any atom is 0.247 e. The molecule has 4 rings (SSSR count). The molecule has 7 nitrogen and oxygen atoms in total. The molecule has 34 heavy (non-hydrogen) atoms. The molecule has 1 aliphatic rings. The summed E-state index contributed by atoms with van der Waals surface area (Å²) in [5.41, 5.74) is 2.36. The number of carbonyl (C=O) groups excluding carboxylic acids is 2. The number of benzene rings is 2. The molecular weight excluding hydrogens is 450 g/mol. The van der Waals surface area contributed by atoms with E-state index < -0.39 is 0 Å². The minimum Gasteiger partial charge on any atom is -0.497 e. The van der Waals surface area contributed by atoms with Crippen molar-refractivity contribution in [1.82, 2.24) is 9.88 Å². The van der Waals surface area contributed by atoms with Gasteiger partial charge in [0.05, 0.1) is 31.6 Å². The van der Waals surface area contributed by atoms with Gasteiger partial charge in [-0.25, -0.2) is 4.98 Å².